The van der Waals surface area contributed by atoms with Gasteiger partial charge >= 0.3 is 0 Å². The summed E-state index contributed by atoms with van der Waals surface area (Å²) in [6, 6.07) is 5.35. The molecule has 1 unspecified atom stereocenters. The highest BCUT2D eigenvalue weighted by Crippen LogP contribution is 2.22. The molecule has 0 spiro atoms. The van der Waals surface area contributed by atoms with Crippen LogP contribution in [0.1, 0.15) is 57.4 Å². The van der Waals surface area contributed by atoms with Gasteiger partial charge in [0.15, 0.2) is 6.10 Å². The standard InChI is InChI=1S/C18H25ClN2O2/c1-13-12-15(19)10-11-17(13)23-14(2)18(22)21-20-16-8-6-4-3-5-7-9-16/h10-12,14H,3-9H2,1-2H3,(H,21,22). The van der Waals surface area contributed by atoms with Crippen LogP contribution in [-0.2, 0) is 4.79 Å². The first-order chi connectivity index (χ1) is 11.1. The summed E-state index contributed by atoms with van der Waals surface area (Å²) in [6.07, 6.45) is 7.48. The number of halogens is 1. The lowest BCUT2D eigenvalue weighted by molar-refractivity contribution is -0.127. The summed E-state index contributed by atoms with van der Waals surface area (Å²) >= 11 is 5.92. The van der Waals surface area contributed by atoms with Gasteiger partial charge < -0.3 is 4.74 Å². The van der Waals surface area contributed by atoms with Crippen molar-refractivity contribution in [3.05, 3.63) is 28.8 Å². The fourth-order valence-corrected chi connectivity index (χ4v) is 2.87. The molecule has 23 heavy (non-hydrogen) atoms. The first-order valence-corrected chi connectivity index (χ1v) is 8.72. The number of aryl methyl sites for hydroxylation is 1. The van der Waals surface area contributed by atoms with Crippen molar-refractivity contribution in [1.29, 1.82) is 0 Å². The van der Waals surface area contributed by atoms with Gasteiger partial charge in [-0.25, -0.2) is 5.43 Å². The van der Waals surface area contributed by atoms with Crippen LogP contribution in [0, 0.1) is 6.92 Å². The van der Waals surface area contributed by atoms with Gasteiger partial charge in [-0.3, -0.25) is 4.79 Å². The monoisotopic (exact) mass is 336 g/mol. The Balaban J connectivity index is 1.88. The predicted molar refractivity (Wildman–Crippen MR) is 94.2 cm³/mol. The molecule has 1 atom stereocenters. The largest absolute Gasteiger partial charge is 0.481 e. The zero-order valence-electron chi connectivity index (χ0n) is 13.9. The second kappa shape index (κ2) is 8.92. The number of hydrazone groups is 1. The van der Waals surface area contributed by atoms with Gasteiger partial charge in [-0.05, 0) is 63.3 Å². The summed E-state index contributed by atoms with van der Waals surface area (Å²) in [5.74, 6) is 0.435. The molecule has 1 N–H and O–H groups in total. The molecule has 0 heterocycles. The lowest BCUT2D eigenvalue weighted by Crippen LogP contribution is -2.34. The van der Waals surface area contributed by atoms with E-state index in [1.54, 1.807) is 19.1 Å². The first kappa shape index (κ1) is 17.8. The van der Waals surface area contributed by atoms with E-state index in [0.717, 1.165) is 37.0 Å². The summed E-state index contributed by atoms with van der Waals surface area (Å²) in [7, 11) is 0. The zero-order valence-corrected chi connectivity index (χ0v) is 14.7. The molecule has 1 aromatic rings. The molecule has 0 saturated heterocycles. The SMILES string of the molecule is Cc1cc(Cl)ccc1OC(C)C(=O)NN=C1CCCCCCC1. The number of nitrogens with zero attached hydrogens (tertiary/aromatic N) is 1. The van der Waals surface area contributed by atoms with Crippen LogP contribution in [-0.4, -0.2) is 17.7 Å². The van der Waals surface area contributed by atoms with Crippen molar-refractivity contribution in [3.63, 3.8) is 0 Å². The highest BCUT2D eigenvalue weighted by Gasteiger charge is 2.16. The lowest BCUT2D eigenvalue weighted by Gasteiger charge is -2.16. The van der Waals surface area contributed by atoms with Crippen LogP contribution < -0.4 is 10.2 Å². The van der Waals surface area contributed by atoms with Crippen LogP contribution in [0.15, 0.2) is 23.3 Å². The van der Waals surface area contributed by atoms with Crippen molar-refractivity contribution in [2.45, 2.75) is 64.9 Å². The topological polar surface area (TPSA) is 50.7 Å². The molecule has 1 aromatic carbocycles. The summed E-state index contributed by atoms with van der Waals surface area (Å²) in [5, 5.41) is 4.96. The summed E-state index contributed by atoms with van der Waals surface area (Å²) < 4.78 is 5.71. The van der Waals surface area contributed by atoms with Gasteiger partial charge in [0.1, 0.15) is 5.75 Å². The van der Waals surface area contributed by atoms with Gasteiger partial charge in [0.2, 0.25) is 0 Å². The molecule has 1 saturated carbocycles. The molecule has 1 aliphatic rings. The highest BCUT2D eigenvalue weighted by atomic mass is 35.5. The smallest absolute Gasteiger partial charge is 0.280 e. The third-order valence-corrected chi connectivity index (χ3v) is 4.30. The van der Waals surface area contributed by atoms with Gasteiger partial charge in [0.25, 0.3) is 5.91 Å². The van der Waals surface area contributed by atoms with Crippen molar-refractivity contribution in [2.24, 2.45) is 5.10 Å². The molecular formula is C18H25ClN2O2. The number of rotatable bonds is 4. The maximum atomic E-state index is 12.2. The van der Waals surface area contributed by atoms with E-state index in [-0.39, 0.29) is 5.91 Å². The first-order valence-electron chi connectivity index (χ1n) is 8.34. The zero-order chi connectivity index (χ0) is 16.7. The Morgan fingerprint density at radius 2 is 1.87 bits per heavy atom. The van der Waals surface area contributed by atoms with E-state index >= 15 is 0 Å². The molecule has 0 radical (unpaired) electrons. The van der Waals surface area contributed by atoms with Gasteiger partial charge in [-0.2, -0.15) is 5.10 Å². The number of carbonyl (C=O) groups excluding carboxylic acids is 1. The van der Waals surface area contributed by atoms with Crippen molar-refractivity contribution >= 4 is 23.2 Å². The molecular weight excluding hydrogens is 312 g/mol. The van der Waals surface area contributed by atoms with E-state index in [2.05, 4.69) is 10.5 Å². The van der Waals surface area contributed by atoms with Crippen LogP contribution in [0.25, 0.3) is 0 Å². The molecule has 0 aromatic heterocycles. The molecule has 4 nitrogen and oxygen atoms in total. The number of hydrogen-bond donors (Lipinski definition) is 1. The Labute approximate surface area is 143 Å². The van der Waals surface area contributed by atoms with Gasteiger partial charge in [-0.1, -0.05) is 30.9 Å². The minimum atomic E-state index is -0.604. The normalized spacial score (nSPS) is 16.9. The van der Waals surface area contributed by atoms with Crippen molar-refractivity contribution in [1.82, 2.24) is 5.43 Å². The van der Waals surface area contributed by atoms with Crippen LogP contribution in [0.4, 0.5) is 0 Å². The number of ether oxygens (including phenoxy) is 1. The fraction of sp³-hybridized carbons (Fsp3) is 0.556. The predicted octanol–water partition coefficient (Wildman–Crippen LogP) is 4.63. The van der Waals surface area contributed by atoms with Crippen molar-refractivity contribution in [3.8, 4) is 5.75 Å². The van der Waals surface area contributed by atoms with Crippen molar-refractivity contribution < 1.29 is 9.53 Å². The van der Waals surface area contributed by atoms with Crippen LogP contribution >= 0.6 is 11.6 Å². The second-order valence-electron chi connectivity index (χ2n) is 6.09. The average molecular weight is 337 g/mol. The number of nitrogens with one attached hydrogen (secondary N) is 1. The van der Waals surface area contributed by atoms with Crippen LogP contribution in [0.3, 0.4) is 0 Å². The van der Waals surface area contributed by atoms with E-state index < -0.39 is 6.10 Å². The van der Waals surface area contributed by atoms with Crippen LogP contribution in [0.2, 0.25) is 5.02 Å². The van der Waals surface area contributed by atoms with E-state index in [4.69, 9.17) is 16.3 Å². The second-order valence-corrected chi connectivity index (χ2v) is 6.53. The van der Waals surface area contributed by atoms with E-state index in [0.29, 0.717) is 10.8 Å². The minimum Gasteiger partial charge on any atom is -0.481 e. The van der Waals surface area contributed by atoms with E-state index in [1.165, 1.54) is 19.3 Å². The fourth-order valence-electron chi connectivity index (χ4n) is 2.64. The number of hydrogen-bond acceptors (Lipinski definition) is 3. The van der Waals surface area contributed by atoms with Gasteiger partial charge in [-0.15, -0.1) is 0 Å². The molecule has 2 rings (SSSR count). The number of carbonyl (C=O) groups is 1. The van der Waals surface area contributed by atoms with Gasteiger partial charge in [0.05, 0.1) is 0 Å². The summed E-state index contributed by atoms with van der Waals surface area (Å²) in [5.41, 5.74) is 4.65. The quantitative estimate of drug-likeness (QED) is 0.815. The van der Waals surface area contributed by atoms with Crippen LogP contribution in [0.5, 0.6) is 5.75 Å². The molecule has 0 aliphatic heterocycles. The Morgan fingerprint density at radius 1 is 1.22 bits per heavy atom. The lowest BCUT2D eigenvalue weighted by atomic mass is 9.99. The molecule has 126 valence electrons. The van der Waals surface area contributed by atoms with E-state index in [9.17, 15) is 4.79 Å². The average Bonchev–Trinajstić information content (AvgIpc) is 2.48. The Hall–Kier alpha value is -1.55. The summed E-state index contributed by atoms with van der Waals surface area (Å²) in [6.45, 7) is 3.63. The maximum Gasteiger partial charge on any atom is 0.280 e. The van der Waals surface area contributed by atoms with Gasteiger partial charge in [0, 0.05) is 10.7 Å². The third kappa shape index (κ3) is 5.87. The molecule has 1 aliphatic carbocycles. The Morgan fingerprint density at radius 3 is 2.52 bits per heavy atom. The third-order valence-electron chi connectivity index (χ3n) is 4.06. The molecule has 5 heteroatoms. The molecule has 0 bridgehead atoms. The molecule has 1 amide bonds. The Bertz CT molecular complexity index is 562. The minimum absolute atomic E-state index is 0.228. The van der Waals surface area contributed by atoms with Crippen molar-refractivity contribution in [2.75, 3.05) is 0 Å². The number of amides is 1. The summed E-state index contributed by atoms with van der Waals surface area (Å²) in [4.78, 5) is 12.2. The molecule has 1 fully saturated rings. The Kier molecular flexibility index (Phi) is 6.90. The maximum absolute atomic E-state index is 12.2. The highest BCUT2D eigenvalue weighted by molar-refractivity contribution is 6.30. The number of benzene rings is 1. The van der Waals surface area contributed by atoms with E-state index in [1.807, 2.05) is 13.0 Å².